The van der Waals surface area contributed by atoms with Crippen LogP contribution in [0.2, 0.25) is 0 Å². The van der Waals surface area contributed by atoms with Crippen molar-refractivity contribution in [3.8, 4) is 0 Å². The van der Waals surface area contributed by atoms with E-state index in [2.05, 4.69) is 48.9 Å². The normalized spacial score (nSPS) is 9.33. The lowest BCUT2D eigenvalue weighted by Crippen LogP contribution is -2.07. The van der Waals surface area contributed by atoms with E-state index in [1.165, 1.54) is 5.69 Å². The monoisotopic (exact) mass is 370 g/mol. The smallest absolute Gasteiger partial charge is 0.0372 e. The zero-order valence-corrected chi connectivity index (χ0v) is 13.6. The highest BCUT2D eigenvalue weighted by Crippen LogP contribution is 2.17. The fourth-order valence-electron chi connectivity index (χ4n) is 1.26. The Hall–Kier alpha value is -1.00. The molecular formula is C14H16Br2N2. The molecule has 0 aliphatic rings. The summed E-state index contributed by atoms with van der Waals surface area (Å²) in [7, 11) is 4.06. The molecule has 2 rings (SSSR count). The Bertz CT molecular complexity index is 481. The van der Waals surface area contributed by atoms with Crippen LogP contribution in [0.4, 0.5) is 11.4 Å². The first kappa shape index (κ1) is 15.1. The van der Waals surface area contributed by atoms with Gasteiger partial charge in [0.1, 0.15) is 0 Å². The van der Waals surface area contributed by atoms with E-state index in [4.69, 9.17) is 5.73 Å². The summed E-state index contributed by atoms with van der Waals surface area (Å²) in [4.78, 5) is 2.07. The van der Waals surface area contributed by atoms with Crippen LogP contribution >= 0.6 is 31.9 Å². The number of nitrogens with two attached hydrogens (primary N) is 1. The summed E-state index contributed by atoms with van der Waals surface area (Å²) < 4.78 is 2.15. The first-order valence-corrected chi connectivity index (χ1v) is 7.01. The van der Waals surface area contributed by atoms with Gasteiger partial charge in [0.25, 0.3) is 0 Å². The third kappa shape index (κ3) is 5.56. The van der Waals surface area contributed by atoms with Crippen molar-refractivity contribution in [1.82, 2.24) is 0 Å². The molecule has 0 aliphatic heterocycles. The predicted octanol–water partition coefficient (Wildman–Crippen LogP) is 4.55. The maximum Gasteiger partial charge on any atom is 0.0372 e. The Morgan fingerprint density at radius 3 is 1.78 bits per heavy atom. The SMILES string of the molecule is CN(C)c1cccc(Br)c1.Nc1cccc(Br)c1. The average molecular weight is 372 g/mol. The van der Waals surface area contributed by atoms with Crippen molar-refractivity contribution in [2.45, 2.75) is 0 Å². The molecule has 0 unspecified atom stereocenters. The summed E-state index contributed by atoms with van der Waals surface area (Å²) in [6, 6.07) is 15.8. The lowest BCUT2D eigenvalue weighted by atomic mass is 10.3. The highest BCUT2D eigenvalue weighted by atomic mass is 79.9. The Morgan fingerprint density at radius 1 is 0.889 bits per heavy atom. The van der Waals surface area contributed by atoms with Gasteiger partial charge >= 0.3 is 0 Å². The number of halogens is 2. The molecule has 0 aliphatic carbocycles. The Morgan fingerprint density at radius 2 is 1.44 bits per heavy atom. The largest absolute Gasteiger partial charge is 0.399 e. The third-order valence-corrected chi connectivity index (χ3v) is 3.16. The number of hydrogen-bond donors (Lipinski definition) is 1. The van der Waals surface area contributed by atoms with E-state index < -0.39 is 0 Å². The van der Waals surface area contributed by atoms with E-state index in [9.17, 15) is 0 Å². The summed E-state index contributed by atoms with van der Waals surface area (Å²) in [5, 5.41) is 0. The molecule has 0 heterocycles. The summed E-state index contributed by atoms with van der Waals surface area (Å²) in [6.07, 6.45) is 0. The number of anilines is 2. The van der Waals surface area contributed by atoms with Crippen LogP contribution < -0.4 is 10.6 Å². The molecule has 0 bridgehead atoms. The first-order valence-electron chi connectivity index (χ1n) is 5.43. The Kier molecular flexibility index (Phi) is 6.22. The molecule has 0 radical (unpaired) electrons. The number of hydrogen-bond acceptors (Lipinski definition) is 2. The zero-order chi connectivity index (χ0) is 13.5. The van der Waals surface area contributed by atoms with Gasteiger partial charge in [-0.15, -0.1) is 0 Å². The van der Waals surface area contributed by atoms with Gasteiger partial charge in [-0.05, 0) is 36.4 Å². The van der Waals surface area contributed by atoms with Crippen LogP contribution in [0.15, 0.2) is 57.5 Å². The van der Waals surface area contributed by atoms with E-state index in [1.807, 2.05) is 50.5 Å². The molecule has 4 heteroatoms. The molecule has 2 nitrogen and oxygen atoms in total. The molecule has 96 valence electrons. The second-order valence-electron chi connectivity index (χ2n) is 3.93. The van der Waals surface area contributed by atoms with Crippen LogP contribution in [0.5, 0.6) is 0 Å². The van der Waals surface area contributed by atoms with Gasteiger partial charge < -0.3 is 10.6 Å². The van der Waals surface area contributed by atoms with Gasteiger partial charge in [0.15, 0.2) is 0 Å². The fraction of sp³-hybridized carbons (Fsp3) is 0.143. The van der Waals surface area contributed by atoms with Crippen molar-refractivity contribution in [2.24, 2.45) is 0 Å². The van der Waals surface area contributed by atoms with E-state index >= 15 is 0 Å². The zero-order valence-electron chi connectivity index (χ0n) is 10.4. The van der Waals surface area contributed by atoms with Crippen molar-refractivity contribution in [3.63, 3.8) is 0 Å². The van der Waals surface area contributed by atoms with E-state index in [1.54, 1.807) is 0 Å². The van der Waals surface area contributed by atoms with Gasteiger partial charge in [-0.25, -0.2) is 0 Å². The topological polar surface area (TPSA) is 29.3 Å². The summed E-state index contributed by atoms with van der Waals surface area (Å²) in [6.45, 7) is 0. The van der Waals surface area contributed by atoms with E-state index in [0.29, 0.717) is 0 Å². The highest BCUT2D eigenvalue weighted by Gasteiger charge is 1.92. The minimum Gasteiger partial charge on any atom is -0.399 e. The van der Waals surface area contributed by atoms with Crippen LogP contribution in [0.1, 0.15) is 0 Å². The summed E-state index contributed by atoms with van der Waals surface area (Å²) in [5.41, 5.74) is 7.44. The molecule has 0 atom stereocenters. The van der Waals surface area contributed by atoms with Gasteiger partial charge in [0.2, 0.25) is 0 Å². The van der Waals surface area contributed by atoms with E-state index in [-0.39, 0.29) is 0 Å². The van der Waals surface area contributed by atoms with Crippen molar-refractivity contribution < 1.29 is 0 Å². The maximum atomic E-state index is 5.43. The Labute approximate surface area is 125 Å². The van der Waals surface area contributed by atoms with Crippen LogP contribution in [0.3, 0.4) is 0 Å². The van der Waals surface area contributed by atoms with Crippen LogP contribution in [0.25, 0.3) is 0 Å². The second kappa shape index (κ2) is 7.44. The molecule has 2 aromatic rings. The van der Waals surface area contributed by atoms with Crippen LogP contribution in [0, 0.1) is 0 Å². The lowest BCUT2D eigenvalue weighted by Gasteiger charge is -2.11. The van der Waals surface area contributed by atoms with Crippen molar-refractivity contribution >= 4 is 43.2 Å². The molecule has 0 saturated heterocycles. The highest BCUT2D eigenvalue weighted by molar-refractivity contribution is 9.10. The molecule has 2 aromatic carbocycles. The van der Waals surface area contributed by atoms with Crippen LogP contribution in [-0.4, -0.2) is 14.1 Å². The van der Waals surface area contributed by atoms with Gasteiger partial charge in [-0.2, -0.15) is 0 Å². The molecule has 0 aromatic heterocycles. The van der Waals surface area contributed by atoms with E-state index in [0.717, 1.165) is 14.6 Å². The van der Waals surface area contributed by atoms with Gasteiger partial charge in [0.05, 0.1) is 0 Å². The maximum absolute atomic E-state index is 5.43. The molecule has 0 spiro atoms. The minimum absolute atomic E-state index is 0.791. The van der Waals surface area contributed by atoms with Gasteiger partial charge in [-0.3, -0.25) is 0 Å². The number of rotatable bonds is 1. The number of nitrogens with zero attached hydrogens (tertiary/aromatic N) is 1. The molecule has 0 fully saturated rings. The molecule has 0 saturated carbocycles. The third-order valence-electron chi connectivity index (χ3n) is 2.17. The van der Waals surface area contributed by atoms with Gasteiger partial charge in [0, 0.05) is 34.4 Å². The van der Waals surface area contributed by atoms with Gasteiger partial charge in [-0.1, -0.05) is 44.0 Å². The number of benzene rings is 2. The number of nitrogen functional groups attached to an aromatic ring is 1. The minimum atomic E-state index is 0.791. The van der Waals surface area contributed by atoms with Crippen molar-refractivity contribution in [1.29, 1.82) is 0 Å². The van der Waals surface area contributed by atoms with Crippen molar-refractivity contribution in [2.75, 3.05) is 24.7 Å². The fourth-order valence-corrected chi connectivity index (χ4v) is 2.06. The summed E-state index contributed by atoms with van der Waals surface area (Å²) >= 11 is 6.69. The molecule has 0 amide bonds. The molecule has 18 heavy (non-hydrogen) atoms. The summed E-state index contributed by atoms with van der Waals surface area (Å²) in [5.74, 6) is 0. The quantitative estimate of drug-likeness (QED) is 0.745. The lowest BCUT2D eigenvalue weighted by molar-refractivity contribution is 1.13. The average Bonchev–Trinajstić information content (AvgIpc) is 2.29. The Balaban J connectivity index is 0.000000184. The first-order chi connectivity index (χ1) is 8.49. The predicted molar refractivity (Wildman–Crippen MR) is 87.0 cm³/mol. The molecule has 2 N–H and O–H groups in total. The van der Waals surface area contributed by atoms with Crippen LogP contribution in [-0.2, 0) is 0 Å². The second-order valence-corrected chi connectivity index (χ2v) is 5.76. The van der Waals surface area contributed by atoms with Crippen molar-refractivity contribution in [3.05, 3.63) is 57.5 Å². The molecular weight excluding hydrogens is 356 g/mol. The standard InChI is InChI=1S/C8H10BrN.C6H6BrN/c1-10(2)8-5-3-4-7(9)6-8;7-5-2-1-3-6(8)4-5/h3-6H,1-2H3;1-4H,8H2.